The lowest BCUT2D eigenvalue weighted by atomic mass is 10.2. The minimum absolute atomic E-state index is 0.189. The first-order valence-corrected chi connectivity index (χ1v) is 6.62. The standard InChI is InChI=1S/C10H13FN2O2S/c11-9-3-2-8(10(12)6-9)7-13-4-1-5-16(13,14)15/h2-3,6H,1,4-5,7,12H2. The fraction of sp³-hybridized carbons (Fsp3) is 0.400. The van der Waals surface area contributed by atoms with Gasteiger partial charge < -0.3 is 5.73 Å². The molecule has 0 radical (unpaired) electrons. The Morgan fingerprint density at radius 3 is 2.75 bits per heavy atom. The van der Waals surface area contributed by atoms with E-state index in [-0.39, 0.29) is 12.3 Å². The molecule has 2 rings (SSSR count). The summed E-state index contributed by atoms with van der Waals surface area (Å²) in [6.45, 7) is 0.744. The van der Waals surface area contributed by atoms with Crippen molar-refractivity contribution in [3.05, 3.63) is 29.6 Å². The van der Waals surface area contributed by atoms with Crippen molar-refractivity contribution in [2.75, 3.05) is 18.0 Å². The molecule has 1 heterocycles. The first-order chi connectivity index (χ1) is 7.49. The molecule has 0 saturated carbocycles. The third-order valence-electron chi connectivity index (χ3n) is 2.66. The number of benzene rings is 1. The molecule has 1 saturated heterocycles. The molecule has 4 nitrogen and oxygen atoms in total. The van der Waals surface area contributed by atoms with Crippen LogP contribution in [-0.2, 0) is 16.6 Å². The Bertz CT molecular complexity index is 502. The van der Waals surface area contributed by atoms with E-state index < -0.39 is 15.8 Å². The molecule has 6 heteroatoms. The van der Waals surface area contributed by atoms with Gasteiger partial charge in [-0.15, -0.1) is 0 Å². The number of hydrogen-bond donors (Lipinski definition) is 1. The van der Waals surface area contributed by atoms with Crippen molar-refractivity contribution in [3.63, 3.8) is 0 Å². The zero-order valence-electron chi connectivity index (χ0n) is 8.69. The van der Waals surface area contributed by atoms with E-state index in [9.17, 15) is 12.8 Å². The quantitative estimate of drug-likeness (QED) is 0.788. The van der Waals surface area contributed by atoms with Crippen LogP contribution in [0.15, 0.2) is 18.2 Å². The molecule has 1 aliphatic rings. The van der Waals surface area contributed by atoms with E-state index in [2.05, 4.69) is 0 Å². The molecule has 0 aromatic heterocycles. The normalized spacial score (nSPS) is 20.1. The molecular weight excluding hydrogens is 231 g/mol. The molecule has 0 spiro atoms. The highest BCUT2D eigenvalue weighted by Gasteiger charge is 2.28. The summed E-state index contributed by atoms with van der Waals surface area (Å²) in [6, 6.07) is 4.02. The molecule has 1 aliphatic heterocycles. The Morgan fingerprint density at radius 1 is 1.44 bits per heavy atom. The van der Waals surface area contributed by atoms with Crippen LogP contribution in [0, 0.1) is 5.82 Å². The van der Waals surface area contributed by atoms with E-state index >= 15 is 0 Å². The van der Waals surface area contributed by atoms with Crippen LogP contribution in [0.4, 0.5) is 10.1 Å². The average molecular weight is 244 g/mol. The summed E-state index contributed by atoms with van der Waals surface area (Å²) in [5, 5.41) is 0. The summed E-state index contributed by atoms with van der Waals surface area (Å²) in [7, 11) is -3.13. The minimum atomic E-state index is -3.13. The van der Waals surface area contributed by atoms with Crippen LogP contribution in [0.5, 0.6) is 0 Å². The SMILES string of the molecule is Nc1cc(F)ccc1CN1CCCS1(=O)=O. The molecule has 0 bridgehead atoms. The number of nitrogen functional groups attached to an aromatic ring is 1. The molecule has 0 atom stereocenters. The highest BCUT2D eigenvalue weighted by molar-refractivity contribution is 7.89. The molecule has 88 valence electrons. The van der Waals surface area contributed by atoms with Crippen molar-refractivity contribution in [2.24, 2.45) is 0 Å². The fourth-order valence-corrected chi connectivity index (χ4v) is 3.26. The van der Waals surface area contributed by atoms with Gasteiger partial charge in [0.25, 0.3) is 0 Å². The van der Waals surface area contributed by atoms with Crippen LogP contribution in [0.25, 0.3) is 0 Å². The summed E-state index contributed by atoms with van der Waals surface area (Å²) in [5.41, 5.74) is 6.57. The Labute approximate surface area is 93.9 Å². The highest BCUT2D eigenvalue weighted by Crippen LogP contribution is 2.21. The summed E-state index contributed by atoms with van der Waals surface area (Å²) in [4.78, 5) is 0. The number of halogens is 1. The van der Waals surface area contributed by atoms with Crippen molar-refractivity contribution in [1.82, 2.24) is 4.31 Å². The van der Waals surface area contributed by atoms with Gasteiger partial charge >= 0.3 is 0 Å². The maximum Gasteiger partial charge on any atom is 0.214 e. The van der Waals surface area contributed by atoms with Gasteiger partial charge in [-0.1, -0.05) is 6.07 Å². The number of anilines is 1. The van der Waals surface area contributed by atoms with E-state index in [0.29, 0.717) is 24.2 Å². The first kappa shape index (κ1) is 11.3. The highest BCUT2D eigenvalue weighted by atomic mass is 32.2. The number of nitrogens with two attached hydrogens (primary N) is 1. The van der Waals surface area contributed by atoms with Crippen LogP contribution in [0.1, 0.15) is 12.0 Å². The molecule has 0 unspecified atom stereocenters. The topological polar surface area (TPSA) is 63.4 Å². The van der Waals surface area contributed by atoms with Crippen LogP contribution < -0.4 is 5.73 Å². The van der Waals surface area contributed by atoms with Crippen molar-refractivity contribution in [1.29, 1.82) is 0 Å². The number of rotatable bonds is 2. The average Bonchev–Trinajstić information content (AvgIpc) is 2.50. The van der Waals surface area contributed by atoms with Gasteiger partial charge in [-0.05, 0) is 24.1 Å². The maximum atomic E-state index is 12.8. The number of hydrogen-bond acceptors (Lipinski definition) is 3. The Morgan fingerprint density at radius 2 is 2.19 bits per heavy atom. The van der Waals surface area contributed by atoms with Crippen molar-refractivity contribution < 1.29 is 12.8 Å². The Hall–Kier alpha value is -1.14. The molecule has 16 heavy (non-hydrogen) atoms. The van der Waals surface area contributed by atoms with E-state index in [0.717, 1.165) is 0 Å². The van der Waals surface area contributed by atoms with Gasteiger partial charge in [-0.3, -0.25) is 0 Å². The summed E-state index contributed by atoms with van der Waals surface area (Å²) in [6.07, 6.45) is 0.642. The van der Waals surface area contributed by atoms with Gasteiger partial charge in [0.2, 0.25) is 10.0 Å². The molecule has 0 aliphatic carbocycles. The molecule has 2 N–H and O–H groups in total. The van der Waals surface area contributed by atoms with Gasteiger partial charge in [0, 0.05) is 18.8 Å². The number of sulfonamides is 1. The van der Waals surface area contributed by atoms with Crippen molar-refractivity contribution in [3.8, 4) is 0 Å². The van der Waals surface area contributed by atoms with Crippen LogP contribution in [0.3, 0.4) is 0 Å². The van der Waals surface area contributed by atoms with Crippen molar-refractivity contribution >= 4 is 15.7 Å². The predicted molar refractivity (Wildman–Crippen MR) is 59.6 cm³/mol. The second kappa shape index (κ2) is 4.03. The van der Waals surface area contributed by atoms with E-state index in [1.54, 1.807) is 0 Å². The zero-order valence-corrected chi connectivity index (χ0v) is 9.50. The van der Waals surface area contributed by atoms with Crippen LogP contribution in [-0.4, -0.2) is 25.0 Å². The van der Waals surface area contributed by atoms with E-state index in [1.807, 2.05) is 0 Å². The van der Waals surface area contributed by atoms with E-state index in [1.165, 1.54) is 22.5 Å². The largest absolute Gasteiger partial charge is 0.398 e. The lowest BCUT2D eigenvalue weighted by Crippen LogP contribution is -2.25. The third-order valence-corrected chi connectivity index (χ3v) is 4.56. The van der Waals surface area contributed by atoms with Gasteiger partial charge in [0.1, 0.15) is 5.82 Å². The first-order valence-electron chi connectivity index (χ1n) is 5.01. The lowest BCUT2D eigenvalue weighted by Gasteiger charge is -2.15. The van der Waals surface area contributed by atoms with Crippen LogP contribution >= 0.6 is 0 Å². The molecule has 1 aromatic rings. The number of nitrogens with zero attached hydrogens (tertiary/aromatic N) is 1. The minimum Gasteiger partial charge on any atom is -0.398 e. The van der Waals surface area contributed by atoms with Gasteiger partial charge in [-0.2, -0.15) is 4.31 Å². The van der Waals surface area contributed by atoms with Crippen LogP contribution in [0.2, 0.25) is 0 Å². The van der Waals surface area contributed by atoms with Gasteiger partial charge in [0.05, 0.1) is 5.75 Å². The van der Waals surface area contributed by atoms with Gasteiger partial charge in [0.15, 0.2) is 0 Å². The lowest BCUT2D eigenvalue weighted by molar-refractivity contribution is 0.440. The summed E-state index contributed by atoms with van der Waals surface area (Å²) >= 11 is 0. The predicted octanol–water partition coefficient (Wildman–Crippen LogP) is 0.943. The molecular formula is C10H13FN2O2S. The second-order valence-corrected chi connectivity index (χ2v) is 5.93. The van der Waals surface area contributed by atoms with Gasteiger partial charge in [-0.25, -0.2) is 12.8 Å². The smallest absolute Gasteiger partial charge is 0.214 e. The Kier molecular flexibility index (Phi) is 2.86. The molecule has 1 fully saturated rings. The monoisotopic (exact) mass is 244 g/mol. The zero-order chi connectivity index (χ0) is 11.8. The summed E-state index contributed by atoms with van der Waals surface area (Å²) < 4.78 is 37.3. The third kappa shape index (κ3) is 2.17. The maximum absolute atomic E-state index is 12.8. The molecule has 0 amide bonds. The Balaban J connectivity index is 2.21. The van der Waals surface area contributed by atoms with E-state index in [4.69, 9.17) is 5.73 Å². The second-order valence-electron chi connectivity index (χ2n) is 3.85. The molecule has 1 aromatic carbocycles. The fourth-order valence-electron chi connectivity index (χ4n) is 1.77. The summed E-state index contributed by atoms with van der Waals surface area (Å²) in [5.74, 6) is -0.223. The van der Waals surface area contributed by atoms with Crippen molar-refractivity contribution in [2.45, 2.75) is 13.0 Å².